The van der Waals surface area contributed by atoms with E-state index in [0.29, 0.717) is 10.0 Å². The average Bonchev–Trinajstić information content (AvgIpc) is 2.36. The maximum absolute atomic E-state index is 9.16. The minimum absolute atomic E-state index is 0.0647. The molecule has 1 N–H and O–H groups in total. The van der Waals surface area contributed by atoms with Gasteiger partial charge in [-0.05, 0) is 37.5 Å². The van der Waals surface area contributed by atoms with E-state index < -0.39 is 0 Å². The van der Waals surface area contributed by atoms with Gasteiger partial charge in [0.15, 0.2) is 0 Å². The monoisotopic (exact) mass is 282 g/mol. The van der Waals surface area contributed by atoms with Gasteiger partial charge in [-0.15, -0.1) is 0 Å². The van der Waals surface area contributed by atoms with Crippen LogP contribution in [-0.4, -0.2) is 6.04 Å². The summed E-state index contributed by atoms with van der Waals surface area (Å²) < 4.78 is 0. The molecule has 1 aromatic carbocycles. The molecule has 96 valence electrons. The Balaban J connectivity index is 2.18. The van der Waals surface area contributed by atoms with Gasteiger partial charge in [-0.25, -0.2) is 0 Å². The van der Waals surface area contributed by atoms with Gasteiger partial charge < -0.3 is 5.32 Å². The van der Waals surface area contributed by atoms with Crippen LogP contribution in [-0.2, 0) is 0 Å². The summed E-state index contributed by atoms with van der Waals surface area (Å²) in [5.74, 6) is 0.0647. The molecule has 2 nitrogen and oxygen atoms in total. The Hall–Kier alpha value is -0.910. The normalized spacial score (nSPS) is 23.4. The number of anilines is 1. The van der Waals surface area contributed by atoms with Gasteiger partial charge in [-0.3, -0.25) is 0 Å². The van der Waals surface area contributed by atoms with E-state index in [-0.39, 0.29) is 12.0 Å². The van der Waals surface area contributed by atoms with Crippen LogP contribution in [0.5, 0.6) is 0 Å². The van der Waals surface area contributed by atoms with Gasteiger partial charge in [-0.2, -0.15) is 5.26 Å². The lowest BCUT2D eigenvalue weighted by Gasteiger charge is -2.29. The third-order valence-electron chi connectivity index (χ3n) is 3.52. The number of hydrogen-bond donors (Lipinski definition) is 1. The van der Waals surface area contributed by atoms with Crippen LogP contribution in [0.1, 0.15) is 31.2 Å². The molecule has 0 aromatic heterocycles. The Kier molecular flexibility index (Phi) is 4.37. The fourth-order valence-electron chi connectivity index (χ4n) is 2.41. The van der Waals surface area contributed by atoms with Crippen molar-refractivity contribution in [1.82, 2.24) is 0 Å². The zero-order chi connectivity index (χ0) is 13.1. The highest BCUT2D eigenvalue weighted by Gasteiger charge is 2.25. The lowest BCUT2D eigenvalue weighted by atomic mass is 9.85. The molecule has 1 aromatic rings. The molecule has 0 aliphatic heterocycles. The largest absolute Gasteiger partial charge is 0.380 e. The van der Waals surface area contributed by atoms with Crippen molar-refractivity contribution in [1.29, 1.82) is 5.26 Å². The molecule has 1 aliphatic carbocycles. The summed E-state index contributed by atoms with van der Waals surface area (Å²) in [6.45, 7) is 1.93. The van der Waals surface area contributed by atoms with Crippen molar-refractivity contribution in [3.8, 4) is 6.07 Å². The fourth-order valence-corrected chi connectivity index (χ4v) is 2.85. The third kappa shape index (κ3) is 2.91. The Bertz CT molecular complexity index is 479. The van der Waals surface area contributed by atoms with Gasteiger partial charge in [0.25, 0.3) is 0 Å². The van der Waals surface area contributed by atoms with Crippen LogP contribution in [0.15, 0.2) is 12.1 Å². The third-order valence-corrected chi connectivity index (χ3v) is 4.24. The Morgan fingerprint density at radius 1 is 1.22 bits per heavy atom. The molecular weight excluding hydrogens is 267 g/mol. The molecule has 4 heteroatoms. The number of nitrogens with one attached hydrogen (secondary N) is 1. The SMILES string of the molecule is Cc1cc(Cl)c(NC2CCCCC2C#N)cc1Cl. The molecule has 1 aliphatic rings. The average molecular weight is 283 g/mol. The van der Waals surface area contributed by atoms with E-state index in [1.807, 2.05) is 19.1 Å². The van der Waals surface area contributed by atoms with Crippen LogP contribution in [0.2, 0.25) is 10.0 Å². The minimum Gasteiger partial charge on any atom is -0.380 e. The maximum Gasteiger partial charge on any atom is 0.0677 e. The van der Waals surface area contributed by atoms with E-state index in [1.165, 1.54) is 0 Å². The molecule has 0 bridgehead atoms. The highest BCUT2D eigenvalue weighted by Crippen LogP contribution is 2.32. The van der Waals surface area contributed by atoms with Gasteiger partial charge >= 0.3 is 0 Å². The van der Waals surface area contributed by atoms with Crippen LogP contribution in [0.3, 0.4) is 0 Å². The second-order valence-electron chi connectivity index (χ2n) is 4.85. The lowest BCUT2D eigenvalue weighted by molar-refractivity contribution is 0.389. The summed E-state index contributed by atoms with van der Waals surface area (Å²) in [6, 6.07) is 6.27. The summed E-state index contributed by atoms with van der Waals surface area (Å²) in [5, 5.41) is 13.9. The lowest BCUT2D eigenvalue weighted by Crippen LogP contribution is -2.31. The van der Waals surface area contributed by atoms with Gasteiger partial charge in [0, 0.05) is 11.1 Å². The first-order valence-electron chi connectivity index (χ1n) is 6.23. The molecule has 18 heavy (non-hydrogen) atoms. The second-order valence-corrected chi connectivity index (χ2v) is 5.67. The first-order valence-corrected chi connectivity index (χ1v) is 6.99. The summed E-state index contributed by atoms with van der Waals surface area (Å²) >= 11 is 12.3. The molecule has 0 heterocycles. The Morgan fingerprint density at radius 2 is 1.94 bits per heavy atom. The van der Waals surface area contributed by atoms with Crippen molar-refractivity contribution in [3.05, 3.63) is 27.7 Å². The summed E-state index contributed by atoms with van der Waals surface area (Å²) in [4.78, 5) is 0. The topological polar surface area (TPSA) is 35.8 Å². The number of aryl methyl sites for hydroxylation is 1. The fraction of sp³-hybridized carbons (Fsp3) is 0.500. The maximum atomic E-state index is 9.16. The van der Waals surface area contributed by atoms with Crippen LogP contribution in [0, 0.1) is 24.2 Å². The van der Waals surface area contributed by atoms with E-state index in [4.69, 9.17) is 28.5 Å². The molecular formula is C14H16Cl2N2. The van der Waals surface area contributed by atoms with Gasteiger partial charge in [0.05, 0.1) is 22.7 Å². The molecule has 0 radical (unpaired) electrons. The van der Waals surface area contributed by atoms with E-state index >= 15 is 0 Å². The highest BCUT2D eigenvalue weighted by molar-refractivity contribution is 6.35. The minimum atomic E-state index is 0.0647. The number of rotatable bonds is 2. The highest BCUT2D eigenvalue weighted by atomic mass is 35.5. The van der Waals surface area contributed by atoms with Crippen molar-refractivity contribution in [2.45, 2.75) is 38.6 Å². The summed E-state index contributed by atoms with van der Waals surface area (Å²) in [5.41, 5.74) is 1.80. The van der Waals surface area contributed by atoms with Crippen LogP contribution in [0.25, 0.3) is 0 Å². The van der Waals surface area contributed by atoms with Gasteiger partial charge in [-0.1, -0.05) is 36.0 Å². The molecule has 2 unspecified atom stereocenters. The van der Waals surface area contributed by atoms with Crippen molar-refractivity contribution < 1.29 is 0 Å². The van der Waals surface area contributed by atoms with E-state index in [1.54, 1.807) is 0 Å². The first-order chi connectivity index (χ1) is 8.61. The van der Waals surface area contributed by atoms with E-state index in [9.17, 15) is 0 Å². The first kappa shape index (κ1) is 13.5. The second kappa shape index (κ2) is 5.82. The zero-order valence-electron chi connectivity index (χ0n) is 10.3. The van der Waals surface area contributed by atoms with E-state index in [2.05, 4.69) is 11.4 Å². The number of benzene rings is 1. The molecule has 0 spiro atoms. The smallest absolute Gasteiger partial charge is 0.0677 e. The molecule has 1 fully saturated rings. The van der Waals surface area contributed by atoms with Crippen molar-refractivity contribution in [2.75, 3.05) is 5.32 Å². The molecule has 2 atom stereocenters. The predicted molar refractivity (Wildman–Crippen MR) is 76.2 cm³/mol. The number of nitriles is 1. The van der Waals surface area contributed by atoms with Crippen molar-refractivity contribution >= 4 is 28.9 Å². The Labute approximate surface area is 118 Å². The van der Waals surface area contributed by atoms with Gasteiger partial charge in [0.1, 0.15) is 0 Å². The number of halogens is 2. The molecule has 1 saturated carbocycles. The molecule has 0 amide bonds. The Morgan fingerprint density at radius 3 is 2.67 bits per heavy atom. The van der Waals surface area contributed by atoms with E-state index in [0.717, 1.165) is 36.9 Å². The van der Waals surface area contributed by atoms with Crippen molar-refractivity contribution in [2.24, 2.45) is 5.92 Å². The summed E-state index contributed by atoms with van der Waals surface area (Å²) in [6.07, 6.45) is 4.28. The standard InChI is InChI=1S/C14H16Cl2N2/c1-9-6-12(16)14(7-11(9)15)18-13-5-3-2-4-10(13)8-17/h6-7,10,13,18H,2-5H2,1H3. The zero-order valence-corrected chi connectivity index (χ0v) is 11.9. The van der Waals surface area contributed by atoms with Crippen LogP contribution in [0.4, 0.5) is 5.69 Å². The number of nitrogens with zero attached hydrogens (tertiary/aromatic N) is 1. The quantitative estimate of drug-likeness (QED) is 0.846. The number of hydrogen-bond acceptors (Lipinski definition) is 2. The van der Waals surface area contributed by atoms with Gasteiger partial charge in [0.2, 0.25) is 0 Å². The van der Waals surface area contributed by atoms with Crippen molar-refractivity contribution in [3.63, 3.8) is 0 Å². The summed E-state index contributed by atoms with van der Waals surface area (Å²) in [7, 11) is 0. The molecule has 0 saturated heterocycles. The van der Waals surface area contributed by atoms with Crippen LogP contribution >= 0.6 is 23.2 Å². The van der Waals surface area contributed by atoms with Crippen LogP contribution < -0.4 is 5.32 Å². The predicted octanol–water partition coefficient (Wildman–Crippen LogP) is 4.80. The molecule has 2 rings (SSSR count).